The van der Waals surface area contributed by atoms with Gasteiger partial charge in [-0.2, -0.15) is 0 Å². The molecule has 1 aliphatic rings. The van der Waals surface area contributed by atoms with Gasteiger partial charge >= 0.3 is 0 Å². The van der Waals surface area contributed by atoms with Crippen LogP contribution in [0.4, 0.5) is 0 Å². The van der Waals surface area contributed by atoms with Crippen molar-refractivity contribution in [3.63, 3.8) is 0 Å². The number of aromatic amines is 1. The van der Waals surface area contributed by atoms with Crippen molar-refractivity contribution in [3.8, 4) is 22.5 Å². The van der Waals surface area contributed by atoms with Crippen LogP contribution in [0.3, 0.4) is 0 Å². The lowest BCUT2D eigenvalue weighted by Gasteiger charge is -2.10. The van der Waals surface area contributed by atoms with Crippen LogP contribution in [0.5, 0.6) is 0 Å². The van der Waals surface area contributed by atoms with Gasteiger partial charge in [0.1, 0.15) is 0 Å². The number of H-pyrrole nitrogens is 1. The van der Waals surface area contributed by atoms with Crippen LogP contribution in [0.15, 0.2) is 60.7 Å². The van der Waals surface area contributed by atoms with Crippen LogP contribution in [0, 0.1) is 0 Å². The first-order valence-electron chi connectivity index (χ1n) is 9.93. The van der Waals surface area contributed by atoms with Crippen LogP contribution in [0.2, 0.25) is 0 Å². The molecular weight excluding hydrogens is 346 g/mol. The van der Waals surface area contributed by atoms with E-state index in [-0.39, 0.29) is 5.91 Å². The van der Waals surface area contributed by atoms with Crippen LogP contribution in [0.1, 0.15) is 34.7 Å². The minimum atomic E-state index is -0.0437. The molecule has 0 spiro atoms. The molecule has 0 bridgehead atoms. The van der Waals surface area contributed by atoms with E-state index in [1.165, 1.54) is 18.4 Å². The summed E-state index contributed by atoms with van der Waals surface area (Å²) in [5.74, 6) is 0.702. The van der Waals surface area contributed by atoms with Crippen molar-refractivity contribution in [2.24, 2.45) is 0 Å². The number of nitrogens with zero attached hydrogens (tertiary/aromatic N) is 1. The van der Waals surface area contributed by atoms with Gasteiger partial charge in [0, 0.05) is 18.8 Å². The number of benzene rings is 2. The SMILES string of the molecule is CN(C)CCNC(=O)c1cc(-c2ccc(C3CC3)cc2)[nH]c1-c1ccccc1. The predicted molar refractivity (Wildman–Crippen MR) is 115 cm³/mol. The molecule has 1 saturated carbocycles. The van der Waals surface area contributed by atoms with E-state index in [4.69, 9.17) is 0 Å². The van der Waals surface area contributed by atoms with Gasteiger partial charge < -0.3 is 15.2 Å². The van der Waals surface area contributed by atoms with E-state index in [2.05, 4.69) is 39.5 Å². The number of aromatic nitrogens is 1. The zero-order chi connectivity index (χ0) is 19.5. The summed E-state index contributed by atoms with van der Waals surface area (Å²) >= 11 is 0. The van der Waals surface area contributed by atoms with Gasteiger partial charge in [-0.25, -0.2) is 0 Å². The van der Waals surface area contributed by atoms with Gasteiger partial charge in [0.25, 0.3) is 5.91 Å². The van der Waals surface area contributed by atoms with E-state index >= 15 is 0 Å². The molecule has 1 aliphatic carbocycles. The number of nitrogens with one attached hydrogen (secondary N) is 2. The monoisotopic (exact) mass is 373 g/mol. The van der Waals surface area contributed by atoms with Crippen molar-refractivity contribution < 1.29 is 4.79 Å². The second-order valence-electron chi connectivity index (χ2n) is 7.79. The average molecular weight is 374 g/mol. The Hall–Kier alpha value is -2.85. The van der Waals surface area contributed by atoms with Crippen LogP contribution in [-0.4, -0.2) is 43.0 Å². The molecule has 0 saturated heterocycles. The highest BCUT2D eigenvalue weighted by molar-refractivity contribution is 6.01. The number of amides is 1. The number of hydrogen-bond donors (Lipinski definition) is 2. The van der Waals surface area contributed by atoms with Crippen molar-refractivity contribution >= 4 is 5.91 Å². The largest absolute Gasteiger partial charge is 0.354 e. The zero-order valence-corrected chi connectivity index (χ0v) is 16.5. The second kappa shape index (κ2) is 8.03. The summed E-state index contributed by atoms with van der Waals surface area (Å²) in [7, 11) is 4.00. The maximum Gasteiger partial charge on any atom is 0.253 e. The van der Waals surface area contributed by atoms with Crippen molar-refractivity contribution in [1.82, 2.24) is 15.2 Å². The molecule has 144 valence electrons. The van der Waals surface area contributed by atoms with E-state index < -0.39 is 0 Å². The van der Waals surface area contributed by atoms with Crippen LogP contribution >= 0.6 is 0 Å². The number of rotatable bonds is 7. The van der Waals surface area contributed by atoms with Crippen LogP contribution < -0.4 is 5.32 Å². The third kappa shape index (κ3) is 4.18. The molecule has 1 fully saturated rings. The van der Waals surface area contributed by atoms with Gasteiger partial charge in [0.05, 0.1) is 11.3 Å². The van der Waals surface area contributed by atoms with Crippen molar-refractivity contribution in [2.75, 3.05) is 27.2 Å². The summed E-state index contributed by atoms with van der Waals surface area (Å²) in [4.78, 5) is 18.4. The lowest BCUT2D eigenvalue weighted by Crippen LogP contribution is -2.31. The van der Waals surface area contributed by atoms with Gasteiger partial charge in [-0.05, 0) is 55.6 Å². The summed E-state index contributed by atoms with van der Waals surface area (Å²) in [5, 5.41) is 3.04. The molecule has 2 aromatic carbocycles. The number of likely N-dealkylation sites (N-methyl/N-ethyl adjacent to an activating group) is 1. The Morgan fingerprint density at radius 3 is 2.39 bits per heavy atom. The Morgan fingerprint density at radius 2 is 1.75 bits per heavy atom. The molecule has 1 amide bonds. The minimum Gasteiger partial charge on any atom is -0.354 e. The fourth-order valence-corrected chi connectivity index (χ4v) is 3.46. The molecule has 0 aliphatic heterocycles. The summed E-state index contributed by atoms with van der Waals surface area (Å²) in [6.45, 7) is 1.43. The highest BCUT2D eigenvalue weighted by Crippen LogP contribution is 2.40. The molecule has 28 heavy (non-hydrogen) atoms. The first kappa shape index (κ1) is 18.5. The molecule has 0 atom stereocenters. The quantitative estimate of drug-likeness (QED) is 0.640. The Morgan fingerprint density at radius 1 is 1.04 bits per heavy atom. The van der Waals surface area contributed by atoms with Gasteiger partial charge in [-0.15, -0.1) is 0 Å². The Bertz CT molecular complexity index is 938. The lowest BCUT2D eigenvalue weighted by molar-refractivity contribution is 0.0952. The zero-order valence-electron chi connectivity index (χ0n) is 16.5. The van der Waals surface area contributed by atoms with Crippen LogP contribution in [-0.2, 0) is 0 Å². The van der Waals surface area contributed by atoms with E-state index in [1.54, 1.807) is 0 Å². The first-order chi connectivity index (χ1) is 13.6. The number of carbonyl (C=O) groups is 1. The van der Waals surface area contributed by atoms with Gasteiger partial charge in [0.2, 0.25) is 0 Å². The molecular formula is C24H27N3O. The Kier molecular flexibility index (Phi) is 5.31. The third-order valence-electron chi connectivity index (χ3n) is 5.24. The van der Waals surface area contributed by atoms with Crippen molar-refractivity contribution in [1.29, 1.82) is 0 Å². The van der Waals surface area contributed by atoms with E-state index in [0.29, 0.717) is 12.1 Å². The molecule has 0 radical (unpaired) electrons. The smallest absolute Gasteiger partial charge is 0.253 e. The second-order valence-corrected chi connectivity index (χ2v) is 7.79. The molecule has 0 unspecified atom stereocenters. The highest BCUT2D eigenvalue weighted by atomic mass is 16.1. The molecule has 3 aromatic rings. The van der Waals surface area contributed by atoms with Gasteiger partial charge in [-0.3, -0.25) is 4.79 Å². The summed E-state index contributed by atoms with van der Waals surface area (Å²) < 4.78 is 0. The normalized spacial score (nSPS) is 13.7. The fourth-order valence-electron chi connectivity index (χ4n) is 3.46. The predicted octanol–water partition coefficient (Wildman–Crippen LogP) is 4.52. The maximum atomic E-state index is 12.9. The fraction of sp³-hybridized carbons (Fsp3) is 0.292. The van der Waals surface area contributed by atoms with Gasteiger partial charge in [0.15, 0.2) is 0 Å². The van der Waals surface area contributed by atoms with E-state index in [0.717, 1.165) is 35.0 Å². The minimum absolute atomic E-state index is 0.0437. The molecule has 2 N–H and O–H groups in total. The third-order valence-corrected chi connectivity index (χ3v) is 5.24. The highest BCUT2D eigenvalue weighted by Gasteiger charge is 2.23. The van der Waals surface area contributed by atoms with Crippen molar-refractivity contribution in [2.45, 2.75) is 18.8 Å². The Labute approximate surface area is 166 Å². The molecule has 4 heteroatoms. The lowest BCUT2D eigenvalue weighted by atomic mass is 10.1. The first-order valence-corrected chi connectivity index (χ1v) is 9.93. The molecule has 1 heterocycles. The topological polar surface area (TPSA) is 48.1 Å². The van der Waals surface area contributed by atoms with Crippen LogP contribution in [0.25, 0.3) is 22.5 Å². The number of hydrogen-bond acceptors (Lipinski definition) is 2. The van der Waals surface area contributed by atoms with Gasteiger partial charge in [-0.1, -0.05) is 54.6 Å². The summed E-state index contributed by atoms with van der Waals surface area (Å²) in [6, 6.07) is 20.7. The summed E-state index contributed by atoms with van der Waals surface area (Å²) in [5.41, 5.74) is 6.06. The standard InChI is InChI=1S/C24H27N3O/c1-27(2)15-14-25-24(28)21-16-22(26-23(21)20-6-4-3-5-7-20)19-12-10-18(11-13-19)17-8-9-17/h3-7,10-13,16-17,26H,8-9,14-15H2,1-2H3,(H,25,28). The molecule has 4 nitrogen and oxygen atoms in total. The van der Waals surface area contributed by atoms with E-state index in [9.17, 15) is 4.79 Å². The maximum absolute atomic E-state index is 12.9. The number of carbonyl (C=O) groups excluding carboxylic acids is 1. The Balaban J connectivity index is 1.64. The van der Waals surface area contributed by atoms with Crippen molar-refractivity contribution in [3.05, 3.63) is 71.8 Å². The average Bonchev–Trinajstić information content (AvgIpc) is 3.46. The molecule has 1 aromatic heterocycles. The summed E-state index contributed by atoms with van der Waals surface area (Å²) in [6.07, 6.45) is 2.61. The molecule has 4 rings (SSSR count). The van der Waals surface area contributed by atoms with E-state index in [1.807, 2.05) is 50.5 Å².